The molecule has 44 heavy (non-hydrogen) atoms. The molecule has 240 valence electrons. The van der Waals surface area contributed by atoms with Crippen molar-refractivity contribution >= 4 is 17.3 Å². The Labute approximate surface area is 254 Å². The van der Waals surface area contributed by atoms with Crippen molar-refractivity contribution in [1.82, 2.24) is 10.1 Å². The first-order valence-corrected chi connectivity index (χ1v) is 15.7. The van der Waals surface area contributed by atoms with Crippen molar-refractivity contribution in [3.05, 3.63) is 36.0 Å². The van der Waals surface area contributed by atoms with E-state index in [1.807, 2.05) is 24.3 Å². The zero-order valence-electron chi connectivity index (χ0n) is 25.3. The number of carbonyl (C=O) groups is 1. The van der Waals surface area contributed by atoms with Crippen molar-refractivity contribution in [2.24, 2.45) is 16.7 Å². The fourth-order valence-electron chi connectivity index (χ4n) is 8.18. The molecule has 8 nitrogen and oxygen atoms in total. The average Bonchev–Trinajstić information content (AvgIpc) is 3.42. The molecule has 1 amide bonds. The summed E-state index contributed by atoms with van der Waals surface area (Å²) in [4.78, 5) is 22.4. The summed E-state index contributed by atoms with van der Waals surface area (Å²) in [6.07, 6.45) is -0.803. The highest BCUT2D eigenvalue weighted by Crippen LogP contribution is 2.58. The standard InChI is InChI=1S/C32H40F4N4O4/c1-27(2,33)26-37-25(38-44-26)30-9-6-28(7-10-30,8-11-30)18-40(24(41)12-21-14-31(42,15-21)32(34,35)36)23-5-3-4-22(13-23)39-16-29(17-39)19-43-20-29/h3-5,13,21,42H,6-12,14-20H2,1-2H3. The van der Waals surface area contributed by atoms with Crippen molar-refractivity contribution in [3.63, 3.8) is 0 Å². The maximum atomic E-state index is 14.5. The van der Waals surface area contributed by atoms with Gasteiger partial charge in [0.2, 0.25) is 5.91 Å². The molecular weight excluding hydrogens is 580 g/mol. The summed E-state index contributed by atoms with van der Waals surface area (Å²) in [5, 5.41) is 14.2. The van der Waals surface area contributed by atoms with Gasteiger partial charge in [-0.15, -0.1) is 0 Å². The summed E-state index contributed by atoms with van der Waals surface area (Å²) >= 11 is 0. The minimum Gasteiger partial charge on any atom is -0.380 e. The lowest BCUT2D eigenvalue weighted by molar-refractivity contribution is -0.298. The Morgan fingerprint density at radius 2 is 1.73 bits per heavy atom. The third-order valence-corrected chi connectivity index (χ3v) is 11.2. The molecule has 1 spiro atoms. The van der Waals surface area contributed by atoms with Gasteiger partial charge >= 0.3 is 6.18 Å². The lowest BCUT2D eigenvalue weighted by Crippen LogP contribution is -2.66. The molecule has 4 saturated carbocycles. The van der Waals surface area contributed by atoms with Crippen LogP contribution in [0.3, 0.4) is 0 Å². The second kappa shape index (κ2) is 9.88. The van der Waals surface area contributed by atoms with E-state index in [0.29, 0.717) is 12.4 Å². The van der Waals surface area contributed by atoms with Crippen LogP contribution in [0.15, 0.2) is 28.8 Å². The third-order valence-electron chi connectivity index (χ3n) is 11.2. The van der Waals surface area contributed by atoms with Gasteiger partial charge in [-0.05, 0) is 94.7 Å². The van der Waals surface area contributed by atoms with Crippen molar-refractivity contribution < 1.29 is 36.7 Å². The monoisotopic (exact) mass is 620 g/mol. The number of ether oxygens (including phenoxy) is 1. The molecule has 8 rings (SSSR count). The number of hydrogen-bond acceptors (Lipinski definition) is 7. The fraction of sp³-hybridized carbons (Fsp3) is 0.719. The predicted molar refractivity (Wildman–Crippen MR) is 153 cm³/mol. The number of hydrogen-bond donors (Lipinski definition) is 1. The molecule has 2 aliphatic heterocycles. The Bertz CT molecular complexity index is 1390. The zero-order valence-corrected chi connectivity index (χ0v) is 25.3. The lowest BCUT2D eigenvalue weighted by atomic mass is 9.53. The normalized spacial score (nSPS) is 32.6. The van der Waals surface area contributed by atoms with Crippen LogP contribution < -0.4 is 9.80 Å². The van der Waals surface area contributed by atoms with Crippen LogP contribution in [0.25, 0.3) is 0 Å². The molecule has 1 N–H and O–H groups in total. The first-order valence-electron chi connectivity index (χ1n) is 15.7. The van der Waals surface area contributed by atoms with Crippen LogP contribution >= 0.6 is 0 Å². The minimum absolute atomic E-state index is 0.0210. The van der Waals surface area contributed by atoms with Crippen molar-refractivity contribution in [2.75, 3.05) is 42.6 Å². The molecular formula is C32H40F4N4O4. The van der Waals surface area contributed by atoms with E-state index in [1.165, 1.54) is 13.8 Å². The highest BCUT2D eigenvalue weighted by atomic mass is 19.4. The Hall–Kier alpha value is -2.73. The number of aliphatic hydroxyl groups is 1. The van der Waals surface area contributed by atoms with Gasteiger partial charge in [0, 0.05) is 42.8 Å². The number of nitrogens with zero attached hydrogens (tertiary/aromatic N) is 4. The largest absolute Gasteiger partial charge is 0.417 e. The summed E-state index contributed by atoms with van der Waals surface area (Å²) in [6, 6.07) is 7.88. The van der Waals surface area contributed by atoms with E-state index in [1.54, 1.807) is 4.90 Å². The number of carbonyl (C=O) groups excluding carboxylic acids is 1. The van der Waals surface area contributed by atoms with Crippen LogP contribution in [0, 0.1) is 16.7 Å². The number of aromatic nitrogens is 2. The fourth-order valence-corrected chi connectivity index (χ4v) is 8.18. The molecule has 2 saturated heterocycles. The van der Waals surface area contributed by atoms with Gasteiger partial charge < -0.3 is 24.2 Å². The molecule has 1 aromatic carbocycles. The molecule has 12 heteroatoms. The average molecular weight is 621 g/mol. The van der Waals surface area contributed by atoms with Crippen LogP contribution in [-0.2, 0) is 20.6 Å². The van der Waals surface area contributed by atoms with E-state index in [2.05, 4.69) is 15.0 Å². The highest BCUT2D eigenvalue weighted by molar-refractivity contribution is 5.94. The zero-order chi connectivity index (χ0) is 31.2. The second-order valence-corrected chi connectivity index (χ2v) is 15.0. The van der Waals surface area contributed by atoms with Crippen molar-refractivity contribution in [2.45, 2.75) is 94.5 Å². The SMILES string of the molecule is CC(C)(F)c1nc(C23CCC(CN(C(=O)CC4CC(O)(C(F)(F)F)C4)c4cccc(N5CC6(COC6)C5)c4)(CC2)CC3)no1. The van der Waals surface area contributed by atoms with E-state index < -0.39 is 36.2 Å². The molecule has 1 aromatic heterocycles. The van der Waals surface area contributed by atoms with Gasteiger partial charge in [-0.25, -0.2) is 4.39 Å². The number of alkyl halides is 4. The van der Waals surface area contributed by atoms with Crippen molar-refractivity contribution in [3.8, 4) is 0 Å². The lowest BCUT2D eigenvalue weighted by Gasteiger charge is -2.56. The van der Waals surface area contributed by atoms with Crippen LogP contribution in [0.2, 0.25) is 0 Å². The molecule has 6 aliphatic rings. The molecule has 0 atom stereocenters. The summed E-state index contributed by atoms with van der Waals surface area (Å²) < 4.78 is 65.0. The van der Waals surface area contributed by atoms with Gasteiger partial charge in [0.1, 0.15) is 0 Å². The van der Waals surface area contributed by atoms with Gasteiger partial charge in [0.25, 0.3) is 5.89 Å². The molecule has 4 aliphatic carbocycles. The van der Waals surface area contributed by atoms with Gasteiger partial charge in [-0.3, -0.25) is 4.79 Å². The van der Waals surface area contributed by atoms with E-state index in [9.17, 15) is 27.5 Å². The second-order valence-electron chi connectivity index (χ2n) is 15.0. The van der Waals surface area contributed by atoms with Gasteiger partial charge in [0.05, 0.1) is 18.6 Å². The number of amides is 1. The number of rotatable bonds is 8. The van der Waals surface area contributed by atoms with Gasteiger partial charge in [-0.2, -0.15) is 18.2 Å². The van der Waals surface area contributed by atoms with Crippen LogP contribution in [0.1, 0.15) is 83.3 Å². The predicted octanol–water partition coefficient (Wildman–Crippen LogP) is 5.83. The van der Waals surface area contributed by atoms with E-state index >= 15 is 0 Å². The molecule has 2 bridgehead atoms. The molecule has 6 fully saturated rings. The summed E-state index contributed by atoms with van der Waals surface area (Å²) in [7, 11) is 0. The van der Waals surface area contributed by atoms with Gasteiger partial charge in [-0.1, -0.05) is 11.2 Å². The maximum Gasteiger partial charge on any atom is 0.417 e. The Balaban J connectivity index is 1.09. The Kier molecular flexibility index (Phi) is 6.73. The summed E-state index contributed by atoms with van der Waals surface area (Å²) in [5.74, 6) is -0.205. The number of halogens is 4. The van der Waals surface area contributed by atoms with Crippen LogP contribution in [0.5, 0.6) is 0 Å². The number of benzene rings is 1. The quantitative estimate of drug-likeness (QED) is 0.372. The van der Waals surface area contributed by atoms with Gasteiger partial charge in [0.15, 0.2) is 17.1 Å². The molecule has 0 unspecified atom stereocenters. The van der Waals surface area contributed by atoms with E-state index in [-0.39, 0.29) is 34.5 Å². The highest BCUT2D eigenvalue weighted by Gasteiger charge is 2.61. The van der Waals surface area contributed by atoms with E-state index in [0.717, 1.165) is 76.2 Å². The van der Waals surface area contributed by atoms with Crippen LogP contribution in [0.4, 0.5) is 28.9 Å². The first kappa shape index (κ1) is 30.0. The number of anilines is 2. The smallest absolute Gasteiger partial charge is 0.380 e. The Morgan fingerprint density at radius 1 is 1.07 bits per heavy atom. The third kappa shape index (κ3) is 5.00. The summed E-state index contributed by atoms with van der Waals surface area (Å²) in [6.45, 7) is 6.57. The number of fused-ring (bicyclic) bond motifs is 3. The summed E-state index contributed by atoms with van der Waals surface area (Å²) in [5.41, 5.74) is -2.88. The first-order chi connectivity index (χ1) is 20.6. The molecule has 2 aromatic rings. The molecule has 3 heterocycles. The van der Waals surface area contributed by atoms with Crippen LogP contribution in [-0.4, -0.2) is 65.8 Å². The topological polar surface area (TPSA) is 91.9 Å². The van der Waals surface area contributed by atoms with E-state index in [4.69, 9.17) is 9.26 Å². The Morgan fingerprint density at radius 3 is 2.27 bits per heavy atom. The molecule has 0 radical (unpaired) electrons. The van der Waals surface area contributed by atoms with Crippen molar-refractivity contribution in [1.29, 1.82) is 0 Å². The minimum atomic E-state index is -4.70. The maximum absolute atomic E-state index is 14.5.